The standard InChI is InChI=1S/C14H19NO3/c1-4-7-8-15-13(16)11-9(5-2)18-10(6-3)12(11)14(15)17/h5-6,9-12H,2-4,7-8H2,1H3. The van der Waals surface area contributed by atoms with Crippen LogP contribution in [0, 0.1) is 11.8 Å². The first-order valence-electron chi connectivity index (χ1n) is 6.41. The van der Waals surface area contributed by atoms with Crippen molar-refractivity contribution in [2.24, 2.45) is 11.8 Å². The minimum Gasteiger partial charge on any atom is -0.365 e. The number of likely N-dealkylation sites (tertiary alicyclic amines) is 1. The summed E-state index contributed by atoms with van der Waals surface area (Å²) in [4.78, 5) is 25.9. The summed E-state index contributed by atoms with van der Waals surface area (Å²) >= 11 is 0. The summed E-state index contributed by atoms with van der Waals surface area (Å²) < 4.78 is 5.62. The third kappa shape index (κ3) is 1.81. The molecular formula is C14H19NO3. The van der Waals surface area contributed by atoms with E-state index in [1.807, 2.05) is 6.92 Å². The number of unbranched alkanes of at least 4 members (excludes halogenated alkanes) is 1. The largest absolute Gasteiger partial charge is 0.365 e. The van der Waals surface area contributed by atoms with Gasteiger partial charge in [-0.1, -0.05) is 25.5 Å². The highest BCUT2D eigenvalue weighted by Gasteiger charge is 2.58. The summed E-state index contributed by atoms with van der Waals surface area (Å²) in [7, 11) is 0. The zero-order valence-corrected chi connectivity index (χ0v) is 10.7. The molecule has 18 heavy (non-hydrogen) atoms. The number of carbonyl (C=O) groups excluding carboxylic acids is 2. The maximum Gasteiger partial charge on any atom is 0.236 e. The monoisotopic (exact) mass is 249 g/mol. The van der Waals surface area contributed by atoms with E-state index in [0.29, 0.717) is 6.54 Å². The van der Waals surface area contributed by atoms with Crippen molar-refractivity contribution >= 4 is 11.8 Å². The quantitative estimate of drug-likeness (QED) is 0.548. The Hall–Kier alpha value is -1.42. The molecule has 0 aromatic rings. The molecule has 0 saturated carbocycles. The Kier molecular flexibility index (Phi) is 3.66. The normalized spacial score (nSPS) is 34.8. The van der Waals surface area contributed by atoms with E-state index >= 15 is 0 Å². The minimum absolute atomic E-state index is 0.118. The Labute approximate surface area is 107 Å². The van der Waals surface area contributed by atoms with Crippen LogP contribution < -0.4 is 0 Å². The fourth-order valence-corrected chi connectivity index (χ4v) is 2.76. The molecule has 2 amide bonds. The second-order valence-corrected chi connectivity index (χ2v) is 4.77. The lowest BCUT2D eigenvalue weighted by Gasteiger charge is -2.18. The predicted molar refractivity (Wildman–Crippen MR) is 67.7 cm³/mol. The molecule has 4 nitrogen and oxygen atoms in total. The SMILES string of the molecule is C=CC1OC(C=C)C2C(=O)N(CCCC)C(=O)C12. The number of carbonyl (C=O) groups is 2. The van der Waals surface area contributed by atoms with Gasteiger partial charge in [-0.15, -0.1) is 13.2 Å². The van der Waals surface area contributed by atoms with Crippen LogP contribution in [0.5, 0.6) is 0 Å². The average molecular weight is 249 g/mol. The molecule has 4 heteroatoms. The van der Waals surface area contributed by atoms with Gasteiger partial charge in [-0.25, -0.2) is 0 Å². The molecule has 0 aromatic carbocycles. The van der Waals surface area contributed by atoms with Gasteiger partial charge in [0.2, 0.25) is 11.8 Å². The topological polar surface area (TPSA) is 46.6 Å². The molecule has 4 unspecified atom stereocenters. The third-order valence-corrected chi connectivity index (χ3v) is 3.71. The third-order valence-electron chi connectivity index (χ3n) is 3.71. The first kappa shape index (κ1) is 13.0. The van der Waals surface area contributed by atoms with Gasteiger partial charge >= 0.3 is 0 Å². The average Bonchev–Trinajstić information content (AvgIpc) is 2.86. The van der Waals surface area contributed by atoms with E-state index in [9.17, 15) is 9.59 Å². The van der Waals surface area contributed by atoms with Gasteiger partial charge in [0.1, 0.15) is 0 Å². The van der Waals surface area contributed by atoms with Crippen LogP contribution in [0.15, 0.2) is 25.3 Å². The zero-order chi connectivity index (χ0) is 13.3. The van der Waals surface area contributed by atoms with Crippen molar-refractivity contribution in [3.63, 3.8) is 0 Å². The van der Waals surface area contributed by atoms with E-state index in [-0.39, 0.29) is 24.0 Å². The van der Waals surface area contributed by atoms with Crippen molar-refractivity contribution in [2.75, 3.05) is 6.54 Å². The highest BCUT2D eigenvalue weighted by atomic mass is 16.5. The van der Waals surface area contributed by atoms with E-state index < -0.39 is 11.8 Å². The van der Waals surface area contributed by atoms with Crippen LogP contribution in [-0.2, 0) is 14.3 Å². The van der Waals surface area contributed by atoms with Crippen LogP contribution in [0.4, 0.5) is 0 Å². The second-order valence-electron chi connectivity index (χ2n) is 4.77. The van der Waals surface area contributed by atoms with Gasteiger partial charge in [0.15, 0.2) is 0 Å². The van der Waals surface area contributed by atoms with Gasteiger partial charge in [-0.05, 0) is 6.42 Å². The van der Waals surface area contributed by atoms with Crippen LogP contribution >= 0.6 is 0 Å². The molecule has 0 bridgehead atoms. The van der Waals surface area contributed by atoms with Crippen molar-refractivity contribution < 1.29 is 14.3 Å². The molecule has 0 aliphatic carbocycles. The first-order chi connectivity index (χ1) is 8.65. The van der Waals surface area contributed by atoms with E-state index in [2.05, 4.69) is 13.2 Å². The minimum atomic E-state index is -0.408. The zero-order valence-electron chi connectivity index (χ0n) is 10.7. The Morgan fingerprint density at radius 3 is 2.06 bits per heavy atom. The molecule has 2 fully saturated rings. The summed E-state index contributed by atoms with van der Waals surface area (Å²) in [6.07, 6.45) is 4.27. The summed E-state index contributed by atoms with van der Waals surface area (Å²) in [6.45, 7) is 9.90. The Bertz CT molecular complexity index is 359. The highest BCUT2D eigenvalue weighted by molar-refractivity contribution is 6.06. The van der Waals surface area contributed by atoms with E-state index in [0.717, 1.165) is 12.8 Å². The number of hydrogen-bond donors (Lipinski definition) is 0. The smallest absolute Gasteiger partial charge is 0.236 e. The molecule has 2 saturated heterocycles. The lowest BCUT2D eigenvalue weighted by molar-refractivity contribution is -0.142. The number of rotatable bonds is 5. The number of fused-ring (bicyclic) bond motifs is 1. The van der Waals surface area contributed by atoms with Crippen LogP contribution in [0.3, 0.4) is 0 Å². The van der Waals surface area contributed by atoms with Gasteiger partial charge < -0.3 is 4.74 Å². The molecule has 0 radical (unpaired) electrons. The molecular weight excluding hydrogens is 230 g/mol. The van der Waals surface area contributed by atoms with Gasteiger partial charge in [-0.3, -0.25) is 14.5 Å². The summed E-state index contributed by atoms with van der Waals surface area (Å²) in [5.41, 5.74) is 0. The second kappa shape index (κ2) is 5.06. The van der Waals surface area contributed by atoms with Gasteiger partial charge in [0, 0.05) is 6.54 Å². The number of hydrogen-bond acceptors (Lipinski definition) is 3. The fraction of sp³-hybridized carbons (Fsp3) is 0.571. The number of imide groups is 1. The Morgan fingerprint density at radius 2 is 1.67 bits per heavy atom. The molecule has 2 heterocycles. The van der Waals surface area contributed by atoms with Crippen LogP contribution in [0.2, 0.25) is 0 Å². The van der Waals surface area contributed by atoms with Crippen molar-refractivity contribution in [3.8, 4) is 0 Å². The number of nitrogens with zero attached hydrogens (tertiary/aromatic N) is 1. The van der Waals surface area contributed by atoms with Gasteiger partial charge in [0.05, 0.1) is 24.0 Å². The van der Waals surface area contributed by atoms with Gasteiger partial charge in [-0.2, -0.15) is 0 Å². The summed E-state index contributed by atoms with van der Waals surface area (Å²) in [5.74, 6) is -1.05. The molecule has 4 atom stereocenters. The Morgan fingerprint density at radius 1 is 1.17 bits per heavy atom. The van der Waals surface area contributed by atoms with Crippen LogP contribution in [-0.4, -0.2) is 35.5 Å². The number of amides is 2. The van der Waals surface area contributed by atoms with Crippen molar-refractivity contribution in [2.45, 2.75) is 32.0 Å². The van der Waals surface area contributed by atoms with Crippen molar-refractivity contribution in [3.05, 3.63) is 25.3 Å². The maximum atomic E-state index is 12.3. The van der Waals surface area contributed by atoms with E-state index in [4.69, 9.17) is 4.74 Å². The molecule has 0 N–H and O–H groups in total. The molecule has 2 aliphatic heterocycles. The summed E-state index contributed by atoms with van der Waals surface area (Å²) in [5, 5.41) is 0. The molecule has 2 rings (SSSR count). The molecule has 2 aliphatic rings. The van der Waals surface area contributed by atoms with Crippen LogP contribution in [0.1, 0.15) is 19.8 Å². The molecule has 0 spiro atoms. The van der Waals surface area contributed by atoms with E-state index in [1.165, 1.54) is 4.90 Å². The lowest BCUT2D eigenvalue weighted by Crippen LogP contribution is -2.36. The predicted octanol–water partition coefficient (Wildman–Crippen LogP) is 1.53. The summed E-state index contributed by atoms with van der Waals surface area (Å²) in [6, 6.07) is 0. The first-order valence-corrected chi connectivity index (χ1v) is 6.41. The number of ether oxygens (including phenoxy) is 1. The van der Waals surface area contributed by atoms with Crippen molar-refractivity contribution in [1.82, 2.24) is 4.90 Å². The highest BCUT2D eigenvalue weighted by Crippen LogP contribution is 2.41. The van der Waals surface area contributed by atoms with Crippen LogP contribution in [0.25, 0.3) is 0 Å². The van der Waals surface area contributed by atoms with Gasteiger partial charge in [0.25, 0.3) is 0 Å². The molecule has 0 aromatic heterocycles. The van der Waals surface area contributed by atoms with Crippen molar-refractivity contribution in [1.29, 1.82) is 0 Å². The lowest BCUT2D eigenvalue weighted by atomic mass is 9.89. The Balaban J connectivity index is 2.24. The molecule has 98 valence electrons. The van der Waals surface area contributed by atoms with E-state index in [1.54, 1.807) is 12.2 Å². The maximum absolute atomic E-state index is 12.3. The fourth-order valence-electron chi connectivity index (χ4n) is 2.76.